The summed E-state index contributed by atoms with van der Waals surface area (Å²) in [6.07, 6.45) is -0.216. The fraction of sp³-hybridized carbons (Fsp3) is 0.357. The van der Waals surface area contributed by atoms with E-state index in [9.17, 15) is 5.11 Å². The number of hydrogen-bond acceptors (Lipinski definition) is 3. The summed E-state index contributed by atoms with van der Waals surface area (Å²) in [6, 6.07) is 28.9. The van der Waals surface area contributed by atoms with Crippen LogP contribution in [-0.4, -0.2) is 54.1 Å². The van der Waals surface area contributed by atoms with Gasteiger partial charge in [0.1, 0.15) is 56.8 Å². The lowest BCUT2D eigenvalue weighted by Gasteiger charge is -2.47. The van der Waals surface area contributed by atoms with E-state index in [-0.39, 0.29) is 18.8 Å². The lowest BCUT2D eigenvalue weighted by molar-refractivity contribution is -0.956. The Morgan fingerprint density at radius 3 is 2.03 bits per heavy atom. The Labute approximate surface area is 191 Å². The van der Waals surface area contributed by atoms with E-state index in [4.69, 9.17) is 9.47 Å². The predicted molar refractivity (Wildman–Crippen MR) is 128 cm³/mol. The van der Waals surface area contributed by atoms with Gasteiger partial charge in [-0.1, -0.05) is 72.8 Å². The molecule has 3 aromatic rings. The number of aliphatic hydroxyl groups is 1. The molecule has 0 bridgehead atoms. The second kappa shape index (κ2) is 10.3. The Balaban J connectivity index is 1.39. The molecule has 3 atom stereocenters. The average Bonchev–Trinajstić information content (AvgIpc) is 2.78. The van der Waals surface area contributed by atoms with Gasteiger partial charge in [-0.3, -0.25) is 0 Å². The van der Waals surface area contributed by atoms with Gasteiger partial charge in [-0.15, -0.1) is 0 Å². The van der Waals surface area contributed by atoms with Gasteiger partial charge < -0.3 is 19.1 Å². The lowest BCUT2D eigenvalue weighted by Crippen LogP contribution is -2.62. The monoisotopic (exact) mass is 432 g/mol. The van der Waals surface area contributed by atoms with Crippen LogP contribution in [0.5, 0.6) is 5.75 Å². The molecule has 4 heteroatoms. The molecular formula is C28H34NO3+. The smallest absolute Gasteiger partial charge is 0.137 e. The van der Waals surface area contributed by atoms with Crippen LogP contribution in [0.2, 0.25) is 0 Å². The van der Waals surface area contributed by atoms with Gasteiger partial charge in [0.15, 0.2) is 0 Å². The first-order chi connectivity index (χ1) is 15.5. The topological polar surface area (TPSA) is 38.7 Å². The SMILES string of the molecule is C[C@@H]1C[N+](Cc2ccccc2)(C[C@@H](O)COc2ccc(-c3ccccc3)cc2)C[C@@H](C)O1. The summed E-state index contributed by atoms with van der Waals surface area (Å²) >= 11 is 0. The van der Waals surface area contributed by atoms with Crippen molar-refractivity contribution in [3.63, 3.8) is 0 Å². The van der Waals surface area contributed by atoms with Crippen LogP contribution in [0, 0.1) is 0 Å². The first kappa shape index (κ1) is 22.5. The molecule has 1 fully saturated rings. The van der Waals surface area contributed by atoms with Gasteiger partial charge in [-0.25, -0.2) is 0 Å². The van der Waals surface area contributed by atoms with Crippen LogP contribution in [0.4, 0.5) is 0 Å². The molecule has 32 heavy (non-hydrogen) atoms. The third kappa shape index (κ3) is 5.98. The van der Waals surface area contributed by atoms with Crippen LogP contribution in [0.15, 0.2) is 84.9 Å². The maximum Gasteiger partial charge on any atom is 0.137 e. The van der Waals surface area contributed by atoms with Crippen LogP contribution < -0.4 is 4.74 Å². The van der Waals surface area contributed by atoms with Gasteiger partial charge in [-0.05, 0) is 37.1 Å². The molecule has 1 aliphatic rings. The molecule has 3 aromatic carbocycles. The second-order valence-corrected chi connectivity index (χ2v) is 9.15. The van der Waals surface area contributed by atoms with E-state index in [2.05, 4.69) is 62.4 Å². The van der Waals surface area contributed by atoms with Crippen molar-refractivity contribution in [3.8, 4) is 16.9 Å². The highest BCUT2D eigenvalue weighted by atomic mass is 16.5. The summed E-state index contributed by atoms with van der Waals surface area (Å²) in [4.78, 5) is 0. The molecule has 0 radical (unpaired) electrons. The van der Waals surface area contributed by atoms with Gasteiger partial charge >= 0.3 is 0 Å². The number of hydrogen-bond donors (Lipinski definition) is 1. The van der Waals surface area contributed by atoms with E-state index >= 15 is 0 Å². The molecule has 0 saturated carbocycles. The minimum absolute atomic E-state index is 0.168. The van der Waals surface area contributed by atoms with E-state index in [1.807, 2.05) is 36.4 Å². The third-order valence-corrected chi connectivity index (χ3v) is 6.12. The molecule has 4 rings (SSSR count). The fourth-order valence-corrected chi connectivity index (χ4v) is 5.03. The largest absolute Gasteiger partial charge is 0.491 e. The van der Waals surface area contributed by atoms with Gasteiger partial charge in [0.05, 0.1) is 0 Å². The van der Waals surface area contributed by atoms with E-state index < -0.39 is 6.10 Å². The molecule has 1 aliphatic heterocycles. The molecule has 168 valence electrons. The highest BCUT2D eigenvalue weighted by Crippen LogP contribution is 2.25. The van der Waals surface area contributed by atoms with Crippen LogP contribution >= 0.6 is 0 Å². The number of morpholine rings is 1. The molecule has 0 aromatic heterocycles. The van der Waals surface area contributed by atoms with Gasteiger partial charge in [0.2, 0.25) is 0 Å². The molecule has 1 N–H and O–H groups in total. The van der Waals surface area contributed by atoms with Crippen molar-refractivity contribution in [1.29, 1.82) is 0 Å². The zero-order valence-electron chi connectivity index (χ0n) is 19.1. The van der Waals surface area contributed by atoms with Crippen LogP contribution in [0.1, 0.15) is 19.4 Å². The van der Waals surface area contributed by atoms with E-state index in [0.717, 1.165) is 35.4 Å². The molecule has 0 spiro atoms. The zero-order valence-corrected chi connectivity index (χ0v) is 19.1. The molecule has 4 nitrogen and oxygen atoms in total. The number of benzene rings is 3. The maximum absolute atomic E-state index is 10.9. The summed E-state index contributed by atoms with van der Waals surface area (Å²) in [7, 11) is 0. The highest BCUT2D eigenvalue weighted by molar-refractivity contribution is 5.63. The maximum atomic E-state index is 10.9. The van der Waals surface area contributed by atoms with Crippen molar-refractivity contribution >= 4 is 0 Å². The molecule has 0 amide bonds. The van der Waals surface area contributed by atoms with Crippen molar-refractivity contribution in [2.75, 3.05) is 26.2 Å². The Morgan fingerprint density at radius 2 is 1.41 bits per heavy atom. The molecule has 0 unspecified atom stereocenters. The Bertz CT molecular complexity index is 949. The lowest BCUT2D eigenvalue weighted by atomic mass is 10.1. The molecule has 1 heterocycles. The third-order valence-electron chi connectivity index (χ3n) is 6.12. The first-order valence-corrected chi connectivity index (χ1v) is 11.5. The minimum Gasteiger partial charge on any atom is -0.491 e. The van der Waals surface area contributed by atoms with Crippen LogP contribution in [-0.2, 0) is 11.3 Å². The zero-order chi connectivity index (χ0) is 22.4. The van der Waals surface area contributed by atoms with Crippen LogP contribution in [0.25, 0.3) is 11.1 Å². The Kier molecular flexibility index (Phi) is 7.26. The quantitative estimate of drug-likeness (QED) is 0.514. The highest BCUT2D eigenvalue weighted by Gasteiger charge is 2.39. The summed E-state index contributed by atoms with van der Waals surface area (Å²) in [5, 5.41) is 10.9. The van der Waals surface area contributed by atoms with E-state index in [0.29, 0.717) is 6.54 Å². The number of quaternary nitrogens is 1. The fourth-order valence-electron chi connectivity index (χ4n) is 5.03. The molecular weight excluding hydrogens is 398 g/mol. The van der Waals surface area contributed by atoms with E-state index in [1.165, 1.54) is 11.1 Å². The number of ether oxygens (including phenoxy) is 2. The van der Waals surface area contributed by atoms with Crippen molar-refractivity contribution in [1.82, 2.24) is 0 Å². The molecule has 0 aliphatic carbocycles. The Morgan fingerprint density at radius 1 is 0.844 bits per heavy atom. The number of rotatable bonds is 8. The number of aliphatic hydroxyl groups excluding tert-OH is 1. The van der Waals surface area contributed by atoms with Gasteiger partial charge in [0, 0.05) is 5.56 Å². The van der Waals surface area contributed by atoms with Gasteiger partial charge in [-0.2, -0.15) is 0 Å². The van der Waals surface area contributed by atoms with Crippen LogP contribution in [0.3, 0.4) is 0 Å². The normalized spacial score (nSPS) is 24.1. The Hall–Kier alpha value is -2.66. The van der Waals surface area contributed by atoms with Gasteiger partial charge in [0.25, 0.3) is 0 Å². The summed E-state index contributed by atoms with van der Waals surface area (Å²) in [6.45, 7) is 7.86. The summed E-state index contributed by atoms with van der Waals surface area (Å²) < 4.78 is 12.8. The van der Waals surface area contributed by atoms with Crippen molar-refractivity contribution in [2.24, 2.45) is 0 Å². The second-order valence-electron chi connectivity index (χ2n) is 9.15. The minimum atomic E-state index is -0.551. The number of nitrogens with zero attached hydrogens (tertiary/aromatic N) is 1. The van der Waals surface area contributed by atoms with Crippen molar-refractivity contribution < 1.29 is 19.1 Å². The van der Waals surface area contributed by atoms with Crippen molar-refractivity contribution in [2.45, 2.75) is 38.7 Å². The molecule has 1 saturated heterocycles. The summed E-state index contributed by atoms with van der Waals surface area (Å²) in [5.74, 6) is 0.780. The van der Waals surface area contributed by atoms with Crippen molar-refractivity contribution in [3.05, 3.63) is 90.5 Å². The standard InChI is InChI=1S/C28H34NO3/c1-22-17-29(18-23(2)32-22,19-24-9-5-3-6-10-24)20-27(30)21-31-28-15-13-26(14-16-28)25-11-7-4-8-12-25/h3-16,22-23,27,30H,17-21H2,1-2H3/q+1/t22-,23-,27-/m1/s1. The predicted octanol–water partition coefficient (Wildman–Crippen LogP) is 4.92. The first-order valence-electron chi connectivity index (χ1n) is 11.5. The average molecular weight is 433 g/mol. The van der Waals surface area contributed by atoms with E-state index in [1.54, 1.807) is 0 Å². The summed E-state index contributed by atoms with van der Waals surface area (Å²) in [5.41, 5.74) is 3.63.